The lowest BCUT2D eigenvalue weighted by atomic mass is 10.1. The lowest BCUT2D eigenvalue weighted by Crippen LogP contribution is -2.45. The number of nitrogens with one attached hydrogen (secondary N) is 1. The van der Waals surface area contributed by atoms with Crippen molar-refractivity contribution in [3.05, 3.63) is 83.7 Å². The second kappa shape index (κ2) is 10.4. The number of fused-ring (bicyclic) bond motifs is 1. The molecular weight excluding hydrogens is 537 g/mol. The van der Waals surface area contributed by atoms with Gasteiger partial charge in [0.2, 0.25) is 11.2 Å². The Kier molecular flexibility index (Phi) is 6.99. The zero-order valence-corrected chi connectivity index (χ0v) is 22.6. The summed E-state index contributed by atoms with van der Waals surface area (Å²) in [5, 5.41) is 2.67. The van der Waals surface area contributed by atoms with Gasteiger partial charge in [0.1, 0.15) is 5.60 Å². The molecule has 3 heterocycles. The summed E-state index contributed by atoms with van der Waals surface area (Å²) in [6.45, 7) is 5.45. The molecule has 40 heavy (non-hydrogen) atoms. The summed E-state index contributed by atoms with van der Waals surface area (Å²) < 4.78 is 19.4. The average Bonchev–Trinajstić information content (AvgIpc) is 2.89. The van der Waals surface area contributed by atoms with Crippen molar-refractivity contribution < 1.29 is 18.7 Å². The van der Waals surface area contributed by atoms with E-state index < -0.39 is 23.7 Å². The molecule has 3 N–H and O–H groups in total. The van der Waals surface area contributed by atoms with Crippen LogP contribution in [0.15, 0.2) is 66.9 Å². The number of nitrogen functional groups attached to an aromatic ring is 1. The Bertz CT molecular complexity index is 1630. The minimum Gasteiger partial charge on any atom is -0.444 e. The van der Waals surface area contributed by atoms with Crippen molar-refractivity contribution in [2.75, 3.05) is 20.9 Å². The maximum absolute atomic E-state index is 14.0. The highest BCUT2D eigenvalue weighted by Crippen LogP contribution is 2.37. The first-order valence-corrected chi connectivity index (χ1v) is 12.6. The van der Waals surface area contributed by atoms with E-state index in [1.54, 1.807) is 81.6 Å². The van der Waals surface area contributed by atoms with Gasteiger partial charge in [-0.1, -0.05) is 18.2 Å². The molecule has 0 saturated heterocycles. The average molecular weight is 562 g/mol. The highest BCUT2D eigenvalue weighted by atomic mass is 35.5. The number of urea groups is 1. The van der Waals surface area contributed by atoms with Crippen molar-refractivity contribution in [1.29, 1.82) is 0 Å². The fourth-order valence-electron chi connectivity index (χ4n) is 4.15. The SMILES string of the molecule is CC(C)(C)OC(=O)Nc1cccc(N2C(=O)N(c3cccc(-c4ccc(N)c(F)n4)c3)Cc3cnc(Cl)nc32)c1. The standard InChI is InChI=1S/C28H25ClFN7O3/c1-28(2,3)40-26(38)33-18-7-5-9-20(13-18)37-24-17(14-32-25(29)35-24)15-36(27(37)39)19-8-4-6-16(12-19)22-11-10-21(31)23(30)34-22/h4-14H,15,31H2,1-3H3,(H,33,38). The van der Waals surface area contributed by atoms with E-state index in [0.29, 0.717) is 39.7 Å². The highest BCUT2D eigenvalue weighted by molar-refractivity contribution is 6.28. The van der Waals surface area contributed by atoms with Gasteiger partial charge in [0.25, 0.3) is 0 Å². The Morgan fingerprint density at radius 2 is 1.82 bits per heavy atom. The lowest BCUT2D eigenvalue weighted by Gasteiger charge is -2.36. The number of hydrogen-bond acceptors (Lipinski definition) is 7. The molecule has 0 fully saturated rings. The summed E-state index contributed by atoms with van der Waals surface area (Å²) >= 11 is 6.11. The van der Waals surface area contributed by atoms with Gasteiger partial charge in [-0.15, -0.1) is 0 Å². The smallest absolute Gasteiger partial charge is 0.412 e. The minimum absolute atomic E-state index is 0.0218. The van der Waals surface area contributed by atoms with Gasteiger partial charge in [-0.05, 0) is 74.8 Å². The maximum Gasteiger partial charge on any atom is 0.412 e. The number of aromatic nitrogens is 3. The predicted molar refractivity (Wildman–Crippen MR) is 151 cm³/mol. The van der Waals surface area contributed by atoms with Gasteiger partial charge >= 0.3 is 12.1 Å². The van der Waals surface area contributed by atoms with E-state index in [-0.39, 0.29) is 17.5 Å². The summed E-state index contributed by atoms with van der Waals surface area (Å²) in [7, 11) is 0. The maximum atomic E-state index is 14.0. The number of halogens is 2. The van der Waals surface area contributed by atoms with Crippen LogP contribution in [0.5, 0.6) is 0 Å². The number of carbonyl (C=O) groups excluding carboxylic acids is 2. The lowest BCUT2D eigenvalue weighted by molar-refractivity contribution is 0.0636. The molecule has 5 rings (SSSR count). The van der Waals surface area contributed by atoms with Crippen LogP contribution in [0.3, 0.4) is 0 Å². The molecule has 0 bridgehead atoms. The van der Waals surface area contributed by atoms with Crippen molar-refractivity contribution >= 4 is 52.3 Å². The number of carbonyl (C=O) groups is 2. The van der Waals surface area contributed by atoms with E-state index in [1.807, 2.05) is 0 Å². The summed E-state index contributed by atoms with van der Waals surface area (Å²) in [5.41, 5.74) is 7.82. The molecular formula is C28H25ClFN7O3. The van der Waals surface area contributed by atoms with Crippen LogP contribution < -0.4 is 20.9 Å². The summed E-state index contributed by atoms with van der Waals surface area (Å²) in [5.74, 6) is -0.458. The first-order chi connectivity index (χ1) is 19.0. The molecule has 0 unspecified atom stereocenters. The van der Waals surface area contributed by atoms with Gasteiger partial charge in [0.05, 0.1) is 23.6 Å². The van der Waals surface area contributed by atoms with Crippen LogP contribution in [0.1, 0.15) is 26.3 Å². The fourth-order valence-corrected chi connectivity index (χ4v) is 4.28. The van der Waals surface area contributed by atoms with E-state index in [9.17, 15) is 14.0 Å². The first kappa shape index (κ1) is 26.8. The number of ether oxygens (including phenoxy) is 1. The number of amides is 3. The molecule has 1 aliphatic rings. The van der Waals surface area contributed by atoms with Crippen molar-refractivity contribution in [1.82, 2.24) is 15.0 Å². The van der Waals surface area contributed by atoms with Crippen LogP contribution >= 0.6 is 11.6 Å². The Labute approximate surface area is 234 Å². The van der Waals surface area contributed by atoms with Crippen molar-refractivity contribution in [3.8, 4) is 11.3 Å². The Hall–Kier alpha value is -4.77. The van der Waals surface area contributed by atoms with Crippen LogP contribution in [-0.4, -0.2) is 32.7 Å². The van der Waals surface area contributed by atoms with E-state index in [0.717, 1.165) is 0 Å². The normalized spacial score (nSPS) is 13.2. The number of anilines is 5. The molecule has 4 aromatic rings. The number of pyridine rings is 1. The molecule has 0 spiro atoms. The third-order valence-corrected chi connectivity index (χ3v) is 6.04. The van der Waals surface area contributed by atoms with Crippen LogP contribution in [0.2, 0.25) is 5.28 Å². The van der Waals surface area contributed by atoms with E-state index in [4.69, 9.17) is 22.1 Å². The summed E-state index contributed by atoms with van der Waals surface area (Å²) in [6.07, 6.45) is 0.923. The van der Waals surface area contributed by atoms with Gasteiger partial charge in [-0.3, -0.25) is 10.2 Å². The van der Waals surface area contributed by atoms with Crippen LogP contribution in [0.25, 0.3) is 11.3 Å². The van der Waals surface area contributed by atoms with Gasteiger partial charge < -0.3 is 10.5 Å². The third kappa shape index (κ3) is 5.64. The second-order valence-corrected chi connectivity index (χ2v) is 10.3. The molecule has 1 aliphatic heterocycles. The summed E-state index contributed by atoms with van der Waals surface area (Å²) in [4.78, 5) is 41.6. The van der Waals surface area contributed by atoms with Gasteiger partial charge in [-0.2, -0.15) is 9.37 Å². The fraction of sp³-hybridized carbons (Fsp3) is 0.179. The summed E-state index contributed by atoms with van der Waals surface area (Å²) in [6, 6.07) is 16.3. The Morgan fingerprint density at radius 3 is 2.58 bits per heavy atom. The van der Waals surface area contributed by atoms with Crippen molar-refractivity contribution in [2.45, 2.75) is 32.9 Å². The number of nitrogens with zero attached hydrogens (tertiary/aromatic N) is 5. The number of rotatable bonds is 4. The molecule has 3 amide bonds. The zero-order valence-electron chi connectivity index (χ0n) is 21.9. The quantitative estimate of drug-likeness (QED) is 0.214. The molecule has 0 radical (unpaired) electrons. The predicted octanol–water partition coefficient (Wildman–Crippen LogP) is 6.54. The Morgan fingerprint density at radius 1 is 1.07 bits per heavy atom. The van der Waals surface area contributed by atoms with Crippen LogP contribution in [0.4, 0.5) is 42.5 Å². The molecule has 10 nitrogen and oxygen atoms in total. The van der Waals surface area contributed by atoms with E-state index in [2.05, 4.69) is 20.3 Å². The van der Waals surface area contributed by atoms with Crippen LogP contribution in [0, 0.1) is 5.95 Å². The highest BCUT2D eigenvalue weighted by Gasteiger charge is 2.34. The van der Waals surface area contributed by atoms with Crippen molar-refractivity contribution in [2.24, 2.45) is 0 Å². The molecule has 2 aromatic heterocycles. The molecule has 204 valence electrons. The number of hydrogen-bond donors (Lipinski definition) is 2. The topological polar surface area (TPSA) is 127 Å². The Balaban J connectivity index is 1.52. The largest absolute Gasteiger partial charge is 0.444 e. The minimum atomic E-state index is -0.772. The number of benzene rings is 2. The number of nitrogens with two attached hydrogens (primary N) is 1. The van der Waals surface area contributed by atoms with Gasteiger partial charge in [0, 0.05) is 28.7 Å². The van der Waals surface area contributed by atoms with E-state index in [1.165, 1.54) is 15.9 Å². The molecule has 0 aliphatic carbocycles. The molecule has 12 heteroatoms. The first-order valence-electron chi connectivity index (χ1n) is 12.2. The molecule has 0 saturated carbocycles. The third-order valence-electron chi connectivity index (χ3n) is 5.86. The zero-order chi connectivity index (χ0) is 28.6. The van der Waals surface area contributed by atoms with E-state index >= 15 is 0 Å². The van der Waals surface area contributed by atoms with Crippen LogP contribution in [-0.2, 0) is 11.3 Å². The molecule has 0 atom stereocenters. The monoisotopic (exact) mass is 561 g/mol. The van der Waals surface area contributed by atoms with Gasteiger partial charge in [0.15, 0.2) is 5.82 Å². The second-order valence-electron chi connectivity index (χ2n) is 10.00. The molecule has 2 aromatic carbocycles. The van der Waals surface area contributed by atoms with Gasteiger partial charge in [-0.25, -0.2) is 24.5 Å². The van der Waals surface area contributed by atoms with Crippen molar-refractivity contribution in [3.63, 3.8) is 0 Å².